The molecule has 4 N–H and O–H groups in total. The lowest BCUT2D eigenvalue weighted by Gasteiger charge is -2.34. The number of halogens is 1. The van der Waals surface area contributed by atoms with E-state index in [1.165, 1.54) is 6.42 Å². The Balaban J connectivity index is 1.73. The second-order valence-corrected chi connectivity index (χ2v) is 15.3. The number of benzene rings is 1. The summed E-state index contributed by atoms with van der Waals surface area (Å²) in [5.74, 6) is 1.94. The van der Waals surface area contributed by atoms with Crippen LogP contribution in [0.3, 0.4) is 0 Å². The molecule has 0 radical (unpaired) electrons. The largest absolute Gasteiger partial charge is 0.390 e. The van der Waals surface area contributed by atoms with Crippen LogP contribution < -0.4 is 10.6 Å². The number of aliphatic hydroxyl groups excluding tert-OH is 2. The van der Waals surface area contributed by atoms with Gasteiger partial charge in [0.15, 0.2) is 0 Å². The van der Waals surface area contributed by atoms with E-state index in [4.69, 9.17) is 11.6 Å². The SMILES string of the molecule is CC(C)C[C@H](O)[C@H](O)[C@H](CC1CCCCC1)NC(=O)[C@H](CC1CC1)NC(=O)[C@@H](CSCCN(C)C)Cc1cccc(Cl)c1. The van der Waals surface area contributed by atoms with Gasteiger partial charge in [0, 0.05) is 23.1 Å². The molecule has 0 bridgehead atoms. The molecular formula is C34H56ClN3O4S. The second-order valence-electron chi connectivity index (χ2n) is 13.7. The van der Waals surface area contributed by atoms with Crippen molar-refractivity contribution < 1.29 is 19.8 Å². The Morgan fingerprint density at radius 1 is 1.00 bits per heavy atom. The van der Waals surface area contributed by atoms with Gasteiger partial charge in [-0.3, -0.25) is 9.59 Å². The summed E-state index contributed by atoms with van der Waals surface area (Å²) in [6, 6.07) is 6.41. The minimum Gasteiger partial charge on any atom is -0.390 e. The molecule has 5 atom stereocenters. The van der Waals surface area contributed by atoms with Crippen LogP contribution in [0.2, 0.25) is 5.02 Å². The van der Waals surface area contributed by atoms with Gasteiger partial charge in [-0.25, -0.2) is 0 Å². The molecule has 2 amide bonds. The Morgan fingerprint density at radius 3 is 2.33 bits per heavy atom. The molecule has 0 heterocycles. The number of carbonyl (C=O) groups is 2. The first-order valence-electron chi connectivity index (χ1n) is 16.5. The first-order chi connectivity index (χ1) is 20.5. The summed E-state index contributed by atoms with van der Waals surface area (Å²) in [5.41, 5.74) is 0.999. The molecule has 1 aromatic carbocycles. The lowest BCUT2D eigenvalue weighted by molar-refractivity contribution is -0.132. The number of thioether (sulfide) groups is 1. The van der Waals surface area contributed by atoms with Crippen LogP contribution in [-0.4, -0.2) is 83.4 Å². The van der Waals surface area contributed by atoms with Crippen molar-refractivity contribution in [2.45, 2.75) is 109 Å². The summed E-state index contributed by atoms with van der Waals surface area (Å²) < 4.78 is 0. The topological polar surface area (TPSA) is 102 Å². The molecule has 2 aliphatic rings. The summed E-state index contributed by atoms with van der Waals surface area (Å²) in [7, 11) is 4.08. The van der Waals surface area contributed by atoms with Crippen molar-refractivity contribution in [1.29, 1.82) is 0 Å². The third-order valence-electron chi connectivity index (χ3n) is 8.80. The molecule has 0 aliphatic heterocycles. The summed E-state index contributed by atoms with van der Waals surface area (Å²) in [4.78, 5) is 29.8. The van der Waals surface area contributed by atoms with Crippen LogP contribution in [0.5, 0.6) is 0 Å². The molecule has 244 valence electrons. The van der Waals surface area contributed by atoms with Crippen LogP contribution in [-0.2, 0) is 16.0 Å². The highest BCUT2D eigenvalue weighted by atomic mass is 35.5. The maximum Gasteiger partial charge on any atom is 0.242 e. The molecule has 1 aromatic rings. The van der Waals surface area contributed by atoms with Gasteiger partial charge >= 0.3 is 0 Å². The number of hydrogen-bond acceptors (Lipinski definition) is 6. The molecule has 3 rings (SSSR count). The van der Waals surface area contributed by atoms with Gasteiger partial charge in [-0.2, -0.15) is 11.8 Å². The number of carbonyl (C=O) groups excluding carboxylic acids is 2. The van der Waals surface area contributed by atoms with E-state index in [1.807, 2.05) is 52.2 Å². The lowest BCUT2D eigenvalue weighted by atomic mass is 9.82. The monoisotopic (exact) mass is 637 g/mol. The van der Waals surface area contributed by atoms with Crippen molar-refractivity contribution in [2.24, 2.45) is 23.7 Å². The van der Waals surface area contributed by atoms with E-state index in [1.54, 1.807) is 11.8 Å². The molecule has 2 aliphatic carbocycles. The minimum absolute atomic E-state index is 0.123. The average molecular weight is 638 g/mol. The smallest absolute Gasteiger partial charge is 0.242 e. The fourth-order valence-electron chi connectivity index (χ4n) is 6.10. The molecule has 7 nitrogen and oxygen atoms in total. The molecule has 0 unspecified atom stereocenters. The maximum absolute atomic E-state index is 13.9. The van der Waals surface area contributed by atoms with Crippen molar-refractivity contribution in [3.63, 3.8) is 0 Å². The summed E-state index contributed by atoms with van der Waals surface area (Å²) in [6.45, 7) is 4.96. The standard InChI is InChI=1S/C34H56ClN3O4S/c1-23(2)17-31(39)32(40)29(20-24-9-6-5-7-10-24)36-34(42)30(21-25-13-14-25)37-33(41)27(22-43-16-15-38(3)4)18-26-11-8-12-28(35)19-26/h8,11-12,19,23-25,27,29-32,39-40H,5-7,9-10,13-18,20-22H2,1-4H3,(H,36,42)(H,37,41)/t27-,29+,30+,31+,32-/m1/s1. The van der Waals surface area contributed by atoms with Gasteiger partial charge in [0.2, 0.25) is 11.8 Å². The van der Waals surface area contributed by atoms with E-state index in [-0.39, 0.29) is 23.7 Å². The van der Waals surface area contributed by atoms with Crippen LogP contribution >= 0.6 is 23.4 Å². The molecule has 0 aromatic heterocycles. The molecule has 0 saturated heterocycles. The Labute approximate surface area is 269 Å². The Morgan fingerprint density at radius 2 is 1.70 bits per heavy atom. The van der Waals surface area contributed by atoms with Crippen molar-refractivity contribution in [2.75, 3.05) is 32.1 Å². The van der Waals surface area contributed by atoms with E-state index < -0.39 is 24.3 Å². The Kier molecular flexibility index (Phi) is 15.6. The van der Waals surface area contributed by atoms with Gasteiger partial charge in [-0.05, 0) is 75.2 Å². The van der Waals surface area contributed by atoms with Gasteiger partial charge in [0.05, 0.1) is 18.1 Å². The maximum atomic E-state index is 13.9. The van der Waals surface area contributed by atoms with Crippen LogP contribution in [0.15, 0.2) is 24.3 Å². The normalized spacial score (nSPS) is 19.6. The van der Waals surface area contributed by atoms with Crippen LogP contribution in [0.1, 0.15) is 83.6 Å². The third kappa shape index (κ3) is 13.7. The van der Waals surface area contributed by atoms with Gasteiger partial charge in [-0.15, -0.1) is 0 Å². The molecule has 0 spiro atoms. The number of amides is 2. The highest BCUT2D eigenvalue weighted by Gasteiger charge is 2.36. The minimum atomic E-state index is -1.05. The molecule has 2 fully saturated rings. The average Bonchev–Trinajstić information content (AvgIpc) is 3.77. The summed E-state index contributed by atoms with van der Waals surface area (Å²) in [5, 5.41) is 29.0. The zero-order valence-corrected chi connectivity index (χ0v) is 28.3. The summed E-state index contributed by atoms with van der Waals surface area (Å²) >= 11 is 8.00. The van der Waals surface area contributed by atoms with Crippen molar-refractivity contribution in [1.82, 2.24) is 15.5 Å². The Hall–Kier alpha value is -1.32. The van der Waals surface area contributed by atoms with E-state index in [2.05, 4.69) is 15.5 Å². The zero-order chi connectivity index (χ0) is 31.4. The second kappa shape index (κ2) is 18.6. The predicted molar refractivity (Wildman–Crippen MR) is 178 cm³/mol. The number of hydrogen-bond donors (Lipinski definition) is 4. The highest BCUT2D eigenvalue weighted by molar-refractivity contribution is 7.99. The van der Waals surface area contributed by atoms with E-state index in [9.17, 15) is 19.8 Å². The molecule has 9 heteroatoms. The quantitative estimate of drug-likeness (QED) is 0.154. The summed E-state index contributed by atoms with van der Waals surface area (Å²) in [6.07, 6.45) is 8.14. The van der Waals surface area contributed by atoms with Gasteiger partial charge in [-0.1, -0.05) is 82.5 Å². The fourth-order valence-corrected chi connectivity index (χ4v) is 7.52. The highest BCUT2D eigenvalue weighted by Crippen LogP contribution is 2.34. The first-order valence-corrected chi connectivity index (χ1v) is 18.0. The predicted octanol–water partition coefficient (Wildman–Crippen LogP) is 5.30. The molecule has 43 heavy (non-hydrogen) atoms. The fraction of sp³-hybridized carbons (Fsp3) is 0.765. The zero-order valence-electron chi connectivity index (χ0n) is 26.8. The van der Waals surface area contributed by atoms with Crippen molar-refractivity contribution in [3.05, 3.63) is 34.9 Å². The van der Waals surface area contributed by atoms with Gasteiger partial charge < -0.3 is 25.7 Å². The lowest BCUT2D eigenvalue weighted by Crippen LogP contribution is -2.56. The van der Waals surface area contributed by atoms with E-state index >= 15 is 0 Å². The number of aliphatic hydroxyl groups is 2. The van der Waals surface area contributed by atoms with Crippen molar-refractivity contribution >= 4 is 35.2 Å². The first kappa shape index (κ1) is 36.2. The number of rotatable bonds is 19. The van der Waals surface area contributed by atoms with E-state index in [0.29, 0.717) is 48.3 Å². The number of nitrogens with zero attached hydrogens (tertiary/aromatic N) is 1. The van der Waals surface area contributed by atoms with Crippen molar-refractivity contribution in [3.8, 4) is 0 Å². The number of nitrogens with one attached hydrogen (secondary N) is 2. The Bertz CT molecular complexity index is 986. The van der Waals surface area contributed by atoms with Crippen LogP contribution in [0, 0.1) is 23.7 Å². The van der Waals surface area contributed by atoms with Crippen LogP contribution in [0.4, 0.5) is 0 Å². The third-order valence-corrected chi connectivity index (χ3v) is 10.1. The van der Waals surface area contributed by atoms with E-state index in [0.717, 1.165) is 56.4 Å². The molecule has 2 saturated carbocycles. The molecular weight excluding hydrogens is 582 g/mol. The van der Waals surface area contributed by atoms with Gasteiger partial charge in [0.1, 0.15) is 12.1 Å². The van der Waals surface area contributed by atoms with Crippen LogP contribution in [0.25, 0.3) is 0 Å². The van der Waals surface area contributed by atoms with Gasteiger partial charge in [0.25, 0.3) is 0 Å².